The first-order valence-electron chi connectivity index (χ1n) is 14.5. The predicted octanol–water partition coefficient (Wildman–Crippen LogP) is 3.71. The average Bonchev–Trinajstić information content (AvgIpc) is 3.61. The Morgan fingerprint density at radius 1 is 1.16 bits per heavy atom. The van der Waals surface area contributed by atoms with Crippen LogP contribution in [0.25, 0.3) is 39.4 Å². The number of allylic oxidation sites excluding steroid dienone is 1. The number of hydrogen-bond acceptors (Lipinski definition) is 10. The van der Waals surface area contributed by atoms with E-state index in [0.29, 0.717) is 58.4 Å². The van der Waals surface area contributed by atoms with E-state index in [2.05, 4.69) is 40.3 Å². The van der Waals surface area contributed by atoms with E-state index in [0.717, 1.165) is 42.0 Å². The van der Waals surface area contributed by atoms with Crippen molar-refractivity contribution in [3.05, 3.63) is 71.7 Å². The van der Waals surface area contributed by atoms with Crippen LogP contribution in [0.2, 0.25) is 0 Å². The molecule has 1 aliphatic rings. The summed E-state index contributed by atoms with van der Waals surface area (Å²) in [7, 11) is 3.98. The Labute approximate surface area is 254 Å². The van der Waals surface area contributed by atoms with Gasteiger partial charge in [-0.15, -0.1) is 0 Å². The van der Waals surface area contributed by atoms with Crippen molar-refractivity contribution in [1.82, 2.24) is 40.0 Å². The van der Waals surface area contributed by atoms with Crippen LogP contribution >= 0.6 is 0 Å². The molecule has 0 unspecified atom stereocenters. The molecule has 0 aliphatic carbocycles. The fourth-order valence-electron chi connectivity index (χ4n) is 5.23. The molecule has 0 radical (unpaired) electrons. The molecule has 0 saturated carbocycles. The third-order valence-electron chi connectivity index (χ3n) is 7.52. The summed E-state index contributed by atoms with van der Waals surface area (Å²) in [5.74, 6) is 0.939. The van der Waals surface area contributed by atoms with Gasteiger partial charge in [-0.05, 0) is 56.4 Å². The van der Waals surface area contributed by atoms with E-state index in [1.54, 1.807) is 24.7 Å². The summed E-state index contributed by atoms with van der Waals surface area (Å²) in [6.07, 6.45) is 8.61. The van der Waals surface area contributed by atoms with Crippen molar-refractivity contribution in [2.75, 3.05) is 50.5 Å². The van der Waals surface area contributed by atoms with Crippen LogP contribution in [0.5, 0.6) is 0 Å². The monoisotopic (exact) mass is 594 g/mol. The number of fused-ring (bicyclic) bond motifs is 1. The number of likely N-dealkylation sites (N-methyl/N-ethyl adjacent to an activating group) is 1. The van der Waals surface area contributed by atoms with Crippen molar-refractivity contribution in [2.24, 2.45) is 5.73 Å². The van der Waals surface area contributed by atoms with E-state index in [4.69, 9.17) is 21.1 Å². The van der Waals surface area contributed by atoms with Gasteiger partial charge in [-0.25, -0.2) is 14.4 Å². The zero-order chi connectivity index (χ0) is 30.8. The molecule has 1 aliphatic heterocycles. The lowest BCUT2D eigenvalue weighted by molar-refractivity contribution is 0.425. The number of halogens is 1. The molecule has 5 aromatic rings. The smallest absolute Gasteiger partial charge is 0.159 e. The number of nitrogens with zero attached hydrogens (tertiary/aromatic N) is 7. The van der Waals surface area contributed by atoms with E-state index < -0.39 is 0 Å². The van der Waals surface area contributed by atoms with Crippen LogP contribution in [-0.2, 0) is 6.42 Å². The third kappa shape index (κ3) is 5.92. The summed E-state index contributed by atoms with van der Waals surface area (Å²) < 4.78 is 14.8. The molecule has 226 valence electrons. The van der Waals surface area contributed by atoms with Gasteiger partial charge in [-0.3, -0.25) is 15.1 Å². The predicted molar refractivity (Wildman–Crippen MR) is 171 cm³/mol. The fraction of sp³-hybridized carbons (Fsp3) is 0.290. The molecule has 12 nitrogen and oxygen atoms in total. The van der Waals surface area contributed by atoms with Crippen molar-refractivity contribution in [3.63, 3.8) is 0 Å². The van der Waals surface area contributed by atoms with Gasteiger partial charge in [0.15, 0.2) is 5.82 Å². The molecule has 1 saturated heterocycles. The number of pyridine rings is 1. The first-order chi connectivity index (χ1) is 21.3. The number of rotatable bonds is 11. The number of aromatic nitrogens is 7. The van der Waals surface area contributed by atoms with Gasteiger partial charge in [-0.1, -0.05) is 6.92 Å². The molecule has 0 atom stereocenters. The number of hydrogen-bond donors (Lipinski definition) is 5. The molecule has 0 spiro atoms. The van der Waals surface area contributed by atoms with Crippen LogP contribution in [-0.4, -0.2) is 92.5 Å². The van der Waals surface area contributed by atoms with E-state index in [-0.39, 0.29) is 11.9 Å². The minimum Gasteiger partial charge on any atom is -0.384 e. The normalized spacial score (nSPS) is 14.0. The number of nitrogens with two attached hydrogens (primary N) is 1. The zero-order valence-electron chi connectivity index (χ0n) is 24.9. The van der Waals surface area contributed by atoms with Crippen LogP contribution < -0.4 is 16.0 Å². The summed E-state index contributed by atoms with van der Waals surface area (Å²) in [6, 6.07) is 6.89. The Hall–Kier alpha value is -5.01. The number of aromatic amines is 2. The summed E-state index contributed by atoms with van der Waals surface area (Å²) in [5.41, 5.74) is 12.0. The van der Waals surface area contributed by atoms with Gasteiger partial charge in [-0.2, -0.15) is 5.10 Å². The van der Waals surface area contributed by atoms with Gasteiger partial charge < -0.3 is 31.2 Å². The molecular formula is C31H35FN12. The standard InChI is InChI=1S/C31H35FN12/c1-4-24-29(22(5-6-33)18-9-19(32)11-21(10-18)36-7-8-43(2)3)40-31(39-24)30-23-12-25(37-14-26(23)41-42-30)27-13-35-15-28(38-27)44-16-20(34)17-44/h5-6,9-15,20,33,36H,4,7-8,16-17,34H2,1-3H3,(H,39,40)(H,41,42)/b22-5-,33-6?. The number of anilines is 2. The lowest BCUT2D eigenvalue weighted by Gasteiger charge is -2.37. The zero-order valence-corrected chi connectivity index (χ0v) is 24.9. The van der Waals surface area contributed by atoms with E-state index >= 15 is 0 Å². The quantitative estimate of drug-likeness (QED) is 0.143. The summed E-state index contributed by atoms with van der Waals surface area (Å²) in [5, 5.41) is 19.6. The number of aryl methyl sites for hydroxylation is 1. The highest BCUT2D eigenvalue weighted by atomic mass is 19.1. The highest BCUT2D eigenvalue weighted by molar-refractivity contribution is 5.94. The first kappa shape index (κ1) is 29.1. The Morgan fingerprint density at radius 3 is 2.75 bits per heavy atom. The van der Waals surface area contributed by atoms with Crippen LogP contribution in [0, 0.1) is 11.2 Å². The van der Waals surface area contributed by atoms with E-state index in [1.807, 2.05) is 33.2 Å². The Kier molecular flexibility index (Phi) is 8.13. The van der Waals surface area contributed by atoms with Gasteiger partial charge in [0.05, 0.1) is 35.5 Å². The Morgan fingerprint density at radius 2 is 2.00 bits per heavy atom. The largest absolute Gasteiger partial charge is 0.384 e. The van der Waals surface area contributed by atoms with Crippen molar-refractivity contribution >= 4 is 34.2 Å². The summed E-state index contributed by atoms with van der Waals surface area (Å²) in [6.45, 7) is 4.98. The maximum absolute atomic E-state index is 14.8. The third-order valence-corrected chi connectivity index (χ3v) is 7.52. The van der Waals surface area contributed by atoms with E-state index in [1.165, 1.54) is 18.3 Å². The SMILES string of the molecule is CCc1[nH]c(-c2n[nH]c3cnc(-c4cncc(N5CC(N)C5)n4)cc23)nc1/C(=C\C=N)c1cc(F)cc(NCCN(C)C)c1. The highest BCUT2D eigenvalue weighted by Gasteiger charge is 2.25. The number of H-pyrrole nitrogens is 2. The molecule has 1 fully saturated rings. The van der Waals surface area contributed by atoms with Crippen LogP contribution in [0.4, 0.5) is 15.9 Å². The number of imidazole rings is 1. The first-order valence-corrected chi connectivity index (χ1v) is 14.5. The second-order valence-corrected chi connectivity index (χ2v) is 11.1. The lowest BCUT2D eigenvalue weighted by Crippen LogP contribution is -2.56. The molecule has 5 heterocycles. The minimum atomic E-state index is -0.373. The molecule has 6 N–H and O–H groups in total. The molecular weight excluding hydrogens is 559 g/mol. The van der Waals surface area contributed by atoms with Gasteiger partial charge in [0.25, 0.3) is 0 Å². The second-order valence-electron chi connectivity index (χ2n) is 11.1. The van der Waals surface area contributed by atoms with Crippen molar-refractivity contribution in [1.29, 1.82) is 5.41 Å². The van der Waals surface area contributed by atoms with Gasteiger partial charge >= 0.3 is 0 Å². The fourth-order valence-corrected chi connectivity index (χ4v) is 5.23. The number of benzene rings is 1. The molecule has 0 amide bonds. The average molecular weight is 595 g/mol. The molecule has 13 heteroatoms. The summed E-state index contributed by atoms with van der Waals surface area (Å²) >= 11 is 0. The molecule has 6 rings (SSSR count). The summed E-state index contributed by atoms with van der Waals surface area (Å²) in [4.78, 5) is 26.3. The van der Waals surface area contributed by atoms with Gasteiger partial charge in [0, 0.05) is 60.8 Å². The van der Waals surface area contributed by atoms with Crippen molar-refractivity contribution in [2.45, 2.75) is 19.4 Å². The molecule has 0 bridgehead atoms. The Bertz CT molecular complexity index is 1830. The minimum absolute atomic E-state index is 0.150. The molecule has 1 aromatic carbocycles. The van der Waals surface area contributed by atoms with Crippen molar-refractivity contribution < 1.29 is 4.39 Å². The van der Waals surface area contributed by atoms with E-state index in [9.17, 15) is 4.39 Å². The van der Waals surface area contributed by atoms with Crippen LogP contribution in [0.15, 0.2) is 48.9 Å². The van der Waals surface area contributed by atoms with Crippen LogP contribution in [0.1, 0.15) is 23.9 Å². The van der Waals surface area contributed by atoms with Gasteiger partial charge in [0.2, 0.25) is 0 Å². The second kappa shape index (κ2) is 12.3. The topological polar surface area (TPSA) is 164 Å². The maximum Gasteiger partial charge on any atom is 0.159 e. The molecule has 44 heavy (non-hydrogen) atoms. The Balaban J connectivity index is 1.36. The highest BCUT2D eigenvalue weighted by Crippen LogP contribution is 2.33. The molecule has 4 aromatic heterocycles. The van der Waals surface area contributed by atoms with Gasteiger partial charge in [0.1, 0.15) is 23.0 Å². The number of nitrogens with one attached hydrogen (secondary N) is 4. The van der Waals surface area contributed by atoms with Crippen molar-refractivity contribution in [3.8, 4) is 22.9 Å². The van der Waals surface area contributed by atoms with Crippen LogP contribution in [0.3, 0.4) is 0 Å². The maximum atomic E-state index is 14.8. The lowest BCUT2D eigenvalue weighted by atomic mass is 9.99.